The Labute approximate surface area is 95.0 Å². The van der Waals surface area contributed by atoms with Crippen LogP contribution >= 0.6 is 47.8 Å². The lowest BCUT2D eigenvalue weighted by molar-refractivity contribution is 0.400. The van der Waals surface area contributed by atoms with Crippen molar-refractivity contribution in [1.82, 2.24) is 0 Å². The van der Waals surface area contributed by atoms with Crippen LogP contribution in [-0.2, 0) is 5.33 Å². The van der Waals surface area contributed by atoms with Crippen LogP contribution < -0.4 is 0 Å². The Balaban J connectivity index is 3.39. The summed E-state index contributed by atoms with van der Waals surface area (Å²) in [6.07, 6.45) is 0. The van der Waals surface area contributed by atoms with Gasteiger partial charge in [0, 0.05) is 9.80 Å². The zero-order chi connectivity index (χ0) is 9.30. The number of alkyl halides is 1. The topological polar surface area (TPSA) is 40.5 Å². The zero-order valence-electron chi connectivity index (χ0n) is 5.81. The van der Waals surface area contributed by atoms with E-state index in [1.807, 2.05) is 0 Å². The Hall–Kier alpha value is 0.260. The molecule has 0 unspecified atom stereocenters. The van der Waals surface area contributed by atoms with Gasteiger partial charge in [0.15, 0.2) is 11.5 Å². The predicted molar refractivity (Wildman–Crippen MR) is 57.8 cm³/mol. The fourth-order valence-electron chi connectivity index (χ4n) is 0.751. The molecule has 2 N–H and O–H groups in total. The van der Waals surface area contributed by atoms with Crippen LogP contribution in [0.15, 0.2) is 15.0 Å². The predicted octanol–water partition coefficient (Wildman–Crippen LogP) is 3.52. The van der Waals surface area contributed by atoms with Gasteiger partial charge in [0.2, 0.25) is 0 Å². The second kappa shape index (κ2) is 3.98. The third-order valence-electron chi connectivity index (χ3n) is 1.38. The molecule has 0 amide bonds. The third-order valence-corrected chi connectivity index (χ3v) is 4.19. The molecule has 0 aromatic heterocycles. The van der Waals surface area contributed by atoms with Gasteiger partial charge in [0.25, 0.3) is 0 Å². The van der Waals surface area contributed by atoms with Crippen molar-refractivity contribution in [3.63, 3.8) is 0 Å². The molecule has 1 rings (SSSR count). The van der Waals surface area contributed by atoms with E-state index in [9.17, 15) is 10.2 Å². The van der Waals surface area contributed by atoms with Crippen molar-refractivity contribution in [2.24, 2.45) is 0 Å². The first-order valence-electron chi connectivity index (χ1n) is 3.02. The van der Waals surface area contributed by atoms with Crippen LogP contribution in [-0.4, -0.2) is 10.2 Å². The second-order valence-electron chi connectivity index (χ2n) is 2.17. The minimum atomic E-state index is -0.147. The van der Waals surface area contributed by atoms with Gasteiger partial charge in [-0.1, -0.05) is 15.9 Å². The first-order valence-corrected chi connectivity index (χ1v) is 5.73. The summed E-state index contributed by atoms with van der Waals surface area (Å²) in [6, 6.07) is 1.50. The Morgan fingerprint density at radius 1 is 1.17 bits per heavy atom. The lowest BCUT2D eigenvalue weighted by atomic mass is 10.2. The van der Waals surface area contributed by atoms with E-state index < -0.39 is 0 Å². The van der Waals surface area contributed by atoms with Crippen LogP contribution in [0.5, 0.6) is 11.5 Å². The Morgan fingerprint density at radius 2 is 1.75 bits per heavy atom. The third kappa shape index (κ3) is 1.78. The highest BCUT2D eigenvalue weighted by Gasteiger charge is 2.12. The first kappa shape index (κ1) is 10.3. The van der Waals surface area contributed by atoms with Crippen LogP contribution in [0.3, 0.4) is 0 Å². The lowest BCUT2D eigenvalue weighted by Gasteiger charge is -2.06. The highest BCUT2D eigenvalue weighted by atomic mass is 79.9. The van der Waals surface area contributed by atoms with E-state index in [0.29, 0.717) is 9.80 Å². The molecule has 0 saturated heterocycles. The van der Waals surface area contributed by atoms with Gasteiger partial charge in [-0.25, -0.2) is 0 Å². The van der Waals surface area contributed by atoms with E-state index in [-0.39, 0.29) is 11.5 Å². The Kier molecular flexibility index (Phi) is 3.43. The number of rotatable bonds is 1. The molecule has 0 heterocycles. The molecule has 12 heavy (non-hydrogen) atoms. The maximum atomic E-state index is 9.26. The number of aromatic hydroxyl groups is 2. The van der Waals surface area contributed by atoms with Gasteiger partial charge in [-0.15, -0.1) is 0 Å². The van der Waals surface area contributed by atoms with Crippen LogP contribution in [0, 0.1) is 0 Å². The van der Waals surface area contributed by atoms with Crippen molar-refractivity contribution < 1.29 is 10.2 Å². The van der Waals surface area contributed by atoms with Crippen LogP contribution in [0.25, 0.3) is 0 Å². The number of benzene rings is 1. The fraction of sp³-hybridized carbons (Fsp3) is 0.143. The molecule has 0 atom stereocenters. The standard InChI is InChI=1S/C7H5Br3O2/c8-2-3-1-4(11)7(12)6(10)5(3)9/h1,11-12H,2H2. The summed E-state index contributed by atoms with van der Waals surface area (Å²) < 4.78 is 1.21. The number of halogens is 3. The molecular weight excluding hydrogens is 356 g/mol. The van der Waals surface area contributed by atoms with E-state index >= 15 is 0 Å². The van der Waals surface area contributed by atoms with Crippen molar-refractivity contribution in [2.75, 3.05) is 0 Å². The summed E-state index contributed by atoms with van der Waals surface area (Å²) >= 11 is 9.68. The van der Waals surface area contributed by atoms with Crippen LogP contribution in [0.4, 0.5) is 0 Å². The van der Waals surface area contributed by atoms with Gasteiger partial charge in [-0.05, 0) is 43.5 Å². The molecule has 0 radical (unpaired) electrons. The van der Waals surface area contributed by atoms with Crippen LogP contribution in [0.2, 0.25) is 0 Å². The molecule has 0 aliphatic heterocycles. The smallest absolute Gasteiger partial charge is 0.173 e. The van der Waals surface area contributed by atoms with E-state index in [1.54, 1.807) is 0 Å². The molecule has 0 aliphatic carbocycles. The molecule has 66 valence electrons. The maximum Gasteiger partial charge on any atom is 0.173 e. The van der Waals surface area contributed by atoms with Gasteiger partial charge < -0.3 is 10.2 Å². The minimum Gasteiger partial charge on any atom is -0.504 e. The molecular formula is C7H5Br3O2. The molecule has 0 spiro atoms. The molecule has 0 aliphatic rings. The SMILES string of the molecule is Oc1cc(CBr)c(Br)c(Br)c1O. The molecule has 1 aromatic rings. The number of hydrogen-bond acceptors (Lipinski definition) is 2. The second-order valence-corrected chi connectivity index (χ2v) is 4.31. The molecule has 5 heteroatoms. The van der Waals surface area contributed by atoms with Crippen molar-refractivity contribution in [2.45, 2.75) is 5.33 Å². The molecule has 1 aromatic carbocycles. The van der Waals surface area contributed by atoms with E-state index in [1.165, 1.54) is 6.07 Å². The van der Waals surface area contributed by atoms with Crippen molar-refractivity contribution in [3.8, 4) is 11.5 Å². The summed E-state index contributed by atoms with van der Waals surface area (Å²) in [5, 5.41) is 19.1. The van der Waals surface area contributed by atoms with Gasteiger partial charge in [-0.2, -0.15) is 0 Å². The monoisotopic (exact) mass is 358 g/mol. The average molecular weight is 361 g/mol. The number of phenols is 2. The largest absolute Gasteiger partial charge is 0.504 e. The van der Waals surface area contributed by atoms with Crippen LogP contribution in [0.1, 0.15) is 5.56 Å². The van der Waals surface area contributed by atoms with E-state index in [4.69, 9.17) is 0 Å². The summed E-state index contributed by atoms with van der Waals surface area (Å²) in [6.45, 7) is 0. The van der Waals surface area contributed by atoms with Crippen molar-refractivity contribution >= 4 is 47.8 Å². The Bertz CT molecular complexity index is 312. The van der Waals surface area contributed by atoms with Crippen molar-refractivity contribution in [1.29, 1.82) is 0 Å². The van der Waals surface area contributed by atoms with Gasteiger partial charge >= 0.3 is 0 Å². The number of phenolic OH excluding ortho intramolecular Hbond substituents is 2. The van der Waals surface area contributed by atoms with Gasteiger partial charge in [0.1, 0.15) is 0 Å². The lowest BCUT2D eigenvalue weighted by Crippen LogP contribution is -1.83. The normalized spacial score (nSPS) is 10.2. The number of hydrogen-bond donors (Lipinski definition) is 2. The molecule has 2 nitrogen and oxygen atoms in total. The molecule has 0 fully saturated rings. The van der Waals surface area contributed by atoms with Crippen molar-refractivity contribution in [3.05, 3.63) is 20.6 Å². The Morgan fingerprint density at radius 3 is 2.25 bits per heavy atom. The quantitative estimate of drug-likeness (QED) is 0.594. The summed E-state index contributed by atoms with van der Waals surface area (Å²) in [5.74, 6) is -0.272. The highest BCUT2D eigenvalue weighted by Crippen LogP contribution is 2.41. The zero-order valence-corrected chi connectivity index (χ0v) is 10.6. The average Bonchev–Trinajstić information content (AvgIpc) is 2.08. The molecule has 0 bridgehead atoms. The highest BCUT2D eigenvalue weighted by molar-refractivity contribution is 9.13. The summed E-state index contributed by atoms with van der Waals surface area (Å²) in [4.78, 5) is 0. The summed E-state index contributed by atoms with van der Waals surface area (Å²) in [5.41, 5.74) is 0.872. The summed E-state index contributed by atoms with van der Waals surface area (Å²) in [7, 11) is 0. The molecule has 0 saturated carbocycles. The minimum absolute atomic E-state index is 0.125. The fourth-order valence-corrected chi connectivity index (χ4v) is 2.47. The van der Waals surface area contributed by atoms with Gasteiger partial charge in [0.05, 0.1) is 4.47 Å². The van der Waals surface area contributed by atoms with Gasteiger partial charge in [-0.3, -0.25) is 0 Å². The van der Waals surface area contributed by atoms with E-state index in [2.05, 4.69) is 47.8 Å². The maximum absolute atomic E-state index is 9.26. The van der Waals surface area contributed by atoms with E-state index in [0.717, 1.165) is 10.0 Å². The first-order chi connectivity index (χ1) is 5.57.